The summed E-state index contributed by atoms with van der Waals surface area (Å²) in [7, 11) is -3.35. The summed E-state index contributed by atoms with van der Waals surface area (Å²) in [5.74, 6) is -0.438. The minimum absolute atomic E-state index is 0.135. The van der Waals surface area contributed by atoms with E-state index in [0.717, 1.165) is 6.26 Å². The maximum Gasteiger partial charge on any atom is 0.356 e. The van der Waals surface area contributed by atoms with Crippen LogP contribution in [0.2, 0.25) is 0 Å². The predicted octanol–water partition coefficient (Wildman–Crippen LogP) is 1.68. The third-order valence-electron chi connectivity index (χ3n) is 3.83. The predicted molar refractivity (Wildman–Crippen MR) is 93.3 cm³/mol. The first-order valence-corrected chi connectivity index (χ1v) is 9.25. The number of nitrogens with one attached hydrogen (secondary N) is 3. The van der Waals surface area contributed by atoms with Crippen molar-refractivity contribution in [2.24, 2.45) is 0 Å². The van der Waals surface area contributed by atoms with E-state index in [1.807, 2.05) is 0 Å². The molecule has 0 amide bonds. The van der Waals surface area contributed by atoms with Crippen LogP contribution in [0, 0.1) is 0 Å². The molecule has 0 aliphatic heterocycles. The van der Waals surface area contributed by atoms with E-state index < -0.39 is 15.8 Å². The molecule has 0 saturated heterocycles. The number of sulfone groups is 1. The molecular weight excluding hydrogens is 360 g/mol. The molecule has 1 aromatic carbocycles. The molecule has 26 heavy (non-hydrogen) atoms. The van der Waals surface area contributed by atoms with Gasteiger partial charge in [0.1, 0.15) is 11.3 Å². The van der Waals surface area contributed by atoms with Crippen molar-refractivity contribution in [1.29, 1.82) is 0 Å². The van der Waals surface area contributed by atoms with E-state index in [1.165, 1.54) is 12.1 Å². The van der Waals surface area contributed by atoms with Crippen LogP contribution in [0.1, 0.15) is 10.5 Å². The molecule has 0 saturated carbocycles. The Labute approximate surface area is 146 Å². The molecule has 0 radical (unpaired) electrons. The van der Waals surface area contributed by atoms with Crippen LogP contribution >= 0.6 is 0 Å². The Morgan fingerprint density at radius 3 is 2.69 bits per heavy atom. The highest BCUT2D eigenvalue weighted by molar-refractivity contribution is 7.90. The summed E-state index contributed by atoms with van der Waals surface area (Å²) in [6.07, 6.45) is 2.79. The maximum absolute atomic E-state index is 11.8. The maximum atomic E-state index is 11.8. The second kappa shape index (κ2) is 5.52. The fourth-order valence-electron chi connectivity index (χ4n) is 2.62. The number of fused-ring (bicyclic) bond motifs is 3. The molecule has 132 valence electrons. The summed E-state index contributed by atoms with van der Waals surface area (Å²) in [6.45, 7) is 0. The minimum Gasteiger partial charge on any atom is -0.476 e. The van der Waals surface area contributed by atoms with Crippen LogP contribution in [-0.2, 0) is 9.84 Å². The Morgan fingerprint density at radius 1 is 1.19 bits per heavy atom. The first-order chi connectivity index (χ1) is 12.3. The lowest BCUT2D eigenvalue weighted by atomic mass is 10.1. The average molecular weight is 372 g/mol. The number of rotatable bonds is 4. The first kappa shape index (κ1) is 16.0. The zero-order chi connectivity index (χ0) is 18.5. The van der Waals surface area contributed by atoms with Gasteiger partial charge in [-0.2, -0.15) is 10.2 Å². The molecule has 3 heterocycles. The van der Waals surface area contributed by atoms with E-state index in [0.29, 0.717) is 33.4 Å². The number of pyridine rings is 1. The van der Waals surface area contributed by atoms with Crippen molar-refractivity contribution in [2.75, 3.05) is 11.6 Å². The van der Waals surface area contributed by atoms with Crippen LogP contribution in [0.15, 0.2) is 35.4 Å². The standard InChI is InChI=1S/C15H12N6O4S/c1-26(24,25)7-2-3-10-8(4-7)9-6-16-21-13(9)14(17-10)18-12-5-11(15(22)23)19-20-12/h2-6H,1H3,(H,16,21)(H,22,23)(H2,17,18,19,20). The van der Waals surface area contributed by atoms with Gasteiger partial charge in [-0.3, -0.25) is 10.2 Å². The number of benzene rings is 1. The second-order valence-electron chi connectivity index (χ2n) is 5.66. The molecule has 10 nitrogen and oxygen atoms in total. The van der Waals surface area contributed by atoms with Gasteiger partial charge in [-0.25, -0.2) is 18.2 Å². The number of hydrogen-bond donors (Lipinski definition) is 4. The number of aromatic amines is 2. The largest absolute Gasteiger partial charge is 0.476 e. The lowest BCUT2D eigenvalue weighted by Crippen LogP contribution is -1.99. The molecule has 4 N–H and O–H groups in total. The zero-order valence-electron chi connectivity index (χ0n) is 13.3. The van der Waals surface area contributed by atoms with Gasteiger partial charge < -0.3 is 10.4 Å². The van der Waals surface area contributed by atoms with E-state index in [-0.39, 0.29) is 10.6 Å². The smallest absolute Gasteiger partial charge is 0.356 e. The number of carbonyl (C=O) groups is 1. The Balaban J connectivity index is 1.87. The molecule has 4 aromatic rings. The molecule has 11 heteroatoms. The Kier molecular flexibility index (Phi) is 3.40. The van der Waals surface area contributed by atoms with Crippen molar-refractivity contribution < 1.29 is 18.3 Å². The van der Waals surface area contributed by atoms with Crippen molar-refractivity contribution in [3.63, 3.8) is 0 Å². The third-order valence-corrected chi connectivity index (χ3v) is 4.94. The van der Waals surface area contributed by atoms with E-state index in [9.17, 15) is 13.2 Å². The number of carboxylic acids is 1. The summed E-state index contributed by atoms with van der Waals surface area (Å²) in [5, 5.41) is 26.3. The third kappa shape index (κ3) is 2.63. The van der Waals surface area contributed by atoms with Crippen LogP contribution in [0.5, 0.6) is 0 Å². The molecule has 3 aromatic heterocycles. The Hall–Kier alpha value is -3.47. The summed E-state index contributed by atoms with van der Waals surface area (Å²) in [4.78, 5) is 15.6. The molecule has 0 bridgehead atoms. The van der Waals surface area contributed by atoms with Gasteiger partial charge in [0, 0.05) is 29.3 Å². The lowest BCUT2D eigenvalue weighted by Gasteiger charge is -2.07. The number of H-pyrrole nitrogens is 2. The fourth-order valence-corrected chi connectivity index (χ4v) is 3.27. The minimum atomic E-state index is -3.35. The van der Waals surface area contributed by atoms with Crippen molar-refractivity contribution in [2.45, 2.75) is 4.90 Å². The van der Waals surface area contributed by atoms with Crippen LogP contribution in [-0.4, -0.2) is 51.1 Å². The van der Waals surface area contributed by atoms with Gasteiger partial charge in [0.2, 0.25) is 0 Å². The van der Waals surface area contributed by atoms with Crippen molar-refractivity contribution in [3.8, 4) is 0 Å². The Morgan fingerprint density at radius 2 is 2.00 bits per heavy atom. The first-order valence-electron chi connectivity index (χ1n) is 7.36. The van der Waals surface area contributed by atoms with Gasteiger partial charge in [-0.15, -0.1) is 0 Å². The topological polar surface area (TPSA) is 154 Å². The van der Waals surface area contributed by atoms with E-state index >= 15 is 0 Å². The summed E-state index contributed by atoms with van der Waals surface area (Å²) < 4.78 is 23.6. The highest BCUT2D eigenvalue weighted by atomic mass is 32.2. The van der Waals surface area contributed by atoms with Crippen molar-refractivity contribution >= 4 is 49.2 Å². The molecule has 0 aliphatic rings. The highest BCUT2D eigenvalue weighted by Crippen LogP contribution is 2.30. The van der Waals surface area contributed by atoms with Crippen LogP contribution in [0.25, 0.3) is 21.8 Å². The highest BCUT2D eigenvalue weighted by Gasteiger charge is 2.16. The summed E-state index contributed by atoms with van der Waals surface area (Å²) >= 11 is 0. The van der Waals surface area contributed by atoms with Gasteiger partial charge in [0.15, 0.2) is 21.3 Å². The van der Waals surface area contributed by atoms with Crippen LogP contribution in [0.4, 0.5) is 11.6 Å². The number of nitrogens with zero attached hydrogens (tertiary/aromatic N) is 3. The molecule has 0 atom stereocenters. The van der Waals surface area contributed by atoms with E-state index in [4.69, 9.17) is 5.11 Å². The quantitative estimate of drug-likeness (QED) is 0.422. The average Bonchev–Trinajstić information content (AvgIpc) is 3.23. The SMILES string of the molecule is CS(=O)(=O)c1ccc2nc(Nc3cc(C(=O)O)n[nH]3)c3n[nH]cc3c2c1. The van der Waals surface area contributed by atoms with Gasteiger partial charge in [-0.05, 0) is 18.2 Å². The molecule has 0 fully saturated rings. The number of carboxylic acid groups (broad SMARTS) is 1. The molecular formula is C15H12N6O4S. The van der Waals surface area contributed by atoms with E-state index in [1.54, 1.807) is 18.3 Å². The van der Waals surface area contributed by atoms with Crippen LogP contribution in [0.3, 0.4) is 0 Å². The van der Waals surface area contributed by atoms with Gasteiger partial charge in [0.05, 0.1) is 10.4 Å². The van der Waals surface area contributed by atoms with Crippen LogP contribution < -0.4 is 5.32 Å². The Bertz CT molecular complexity index is 1270. The number of aromatic carboxylic acids is 1. The van der Waals surface area contributed by atoms with E-state index in [2.05, 4.69) is 30.7 Å². The molecule has 4 rings (SSSR count). The normalized spacial score (nSPS) is 11.9. The summed E-state index contributed by atoms with van der Waals surface area (Å²) in [5.41, 5.74) is 0.908. The van der Waals surface area contributed by atoms with Gasteiger partial charge >= 0.3 is 5.97 Å². The summed E-state index contributed by atoms with van der Waals surface area (Å²) in [6, 6.07) is 5.98. The number of hydrogen-bond acceptors (Lipinski definition) is 7. The van der Waals surface area contributed by atoms with Crippen molar-refractivity contribution in [1.82, 2.24) is 25.4 Å². The fraction of sp³-hybridized carbons (Fsp3) is 0.0667. The molecule has 0 unspecified atom stereocenters. The number of aromatic nitrogens is 5. The number of anilines is 2. The van der Waals surface area contributed by atoms with Gasteiger partial charge in [-0.1, -0.05) is 0 Å². The second-order valence-corrected chi connectivity index (χ2v) is 7.67. The molecule has 0 spiro atoms. The molecule has 0 aliphatic carbocycles. The van der Waals surface area contributed by atoms with Gasteiger partial charge in [0.25, 0.3) is 0 Å². The monoisotopic (exact) mass is 372 g/mol. The zero-order valence-corrected chi connectivity index (χ0v) is 14.1. The van der Waals surface area contributed by atoms with Crippen molar-refractivity contribution in [3.05, 3.63) is 36.2 Å². The lowest BCUT2D eigenvalue weighted by molar-refractivity contribution is 0.0690.